The lowest BCUT2D eigenvalue weighted by molar-refractivity contribution is -0.118. The fraction of sp³-hybridized carbons (Fsp3) is 0.176. The molecule has 0 fully saturated rings. The van der Waals surface area contributed by atoms with Gasteiger partial charge in [0.1, 0.15) is 5.82 Å². The van der Waals surface area contributed by atoms with Gasteiger partial charge in [-0.3, -0.25) is 9.35 Å². The SMILES string of the molecule is O=C(CCc1nc2ccccc2s1)C(c1ccccc1F)S(=O)(=O)O. The molecule has 130 valence electrons. The summed E-state index contributed by atoms with van der Waals surface area (Å²) >= 11 is 1.41. The summed E-state index contributed by atoms with van der Waals surface area (Å²) in [6, 6.07) is 12.5. The van der Waals surface area contributed by atoms with Crippen molar-refractivity contribution in [2.75, 3.05) is 0 Å². The van der Waals surface area contributed by atoms with E-state index in [9.17, 15) is 22.2 Å². The molecule has 0 aliphatic carbocycles. The first-order valence-corrected chi connectivity index (χ1v) is 9.76. The van der Waals surface area contributed by atoms with Crippen LogP contribution in [0.3, 0.4) is 0 Å². The van der Waals surface area contributed by atoms with Crippen LogP contribution in [0.1, 0.15) is 22.2 Å². The Morgan fingerprint density at radius 1 is 1.16 bits per heavy atom. The van der Waals surface area contributed by atoms with Crippen LogP contribution >= 0.6 is 11.3 Å². The van der Waals surface area contributed by atoms with Gasteiger partial charge in [0.25, 0.3) is 10.1 Å². The van der Waals surface area contributed by atoms with Crippen molar-refractivity contribution >= 4 is 37.5 Å². The molecule has 1 heterocycles. The molecule has 1 atom stereocenters. The van der Waals surface area contributed by atoms with E-state index < -0.39 is 27.0 Å². The number of carbonyl (C=O) groups excluding carboxylic acids is 1. The Labute approximate surface area is 147 Å². The number of hydrogen-bond acceptors (Lipinski definition) is 5. The molecule has 1 unspecified atom stereocenters. The van der Waals surface area contributed by atoms with Gasteiger partial charge in [-0.1, -0.05) is 30.3 Å². The Kier molecular flexibility index (Phi) is 4.94. The summed E-state index contributed by atoms with van der Waals surface area (Å²) in [6.07, 6.45) is 0.0528. The fourth-order valence-corrected chi connectivity index (χ4v) is 4.50. The number of thiazole rings is 1. The zero-order valence-electron chi connectivity index (χ0n) is 12.9. The van der Waals surface area contributed by atoms with Crippen LogP contribution in [0, 0.1) is 5.82 Å². The number of carbonyl (C=O) groups is 1. The smallest absolute Gasteiger partial charge is 0.279 e. The minimum absolute atomic E-state index is 0.168. The molecule has 5 nitrogen and oxygen atoms in total. The fourth-order valence-electron chi connectivity index (χ4n) is 2.58. The van der Waals surface area contributed by atoms with E-state index in [1.54, 1.807) is 0 Å². The van der Waals surface area contributed by atoms with Gasteiger partial charge in [-0.25, -0.2) is 9.37 Å². The third-order valence-electron chi connectivity index (χ3n) is 3.70. The van der Waals surface area contributed by atoms with Crippen LogP contribution in [0.25, 0.3) is 10.2 Å². The van der Waals surface area contributed by atoms with Crippen molar-refractivity contribution < 1.29 is 22.2 Å². The number of ketones is 1. The molecule has 3 rings (SSSR count). The summed E-state index contributed by atoms with van der Waals surface area (Å²) in [5.41, 5.74) is 0.453. The normalized spacial score (nSPS) is 13.0. The van der Waals surface area contributed by atoms with Crippen molar-refractivity contribution in [1.29, 1.82) is 0 Å². The predicted octanol–water partition coefficient (Wildman–Crippen LogP) is 3.57. The summed E-state index contributed by atoms with van der Waals surface area (Å²) in [6.45, 7) is 0. The number of rotatable bonds is 6. The van der Waals surface area contributed by atoms with E-state index in [1.165, 1.54) is 29.5 Å². The van der Waals surface area contributed by atoms with Gasteiger partial charge in [0.05, 0.1) is 15.2 Å². The lowest BCUT2D eigenvalue weighted by Crippen LogP contribution is -2.23. The monoisotopic (exact) mass is 379 g/mol. The number of benzene rings is 2. The van der Waals surface area contributed by atoms with Crippen molar-refractivity contribution in [3.63, 3.8) is 0 Å². The number of aromatic nitrogens is 1. The molecule has 0 saturated carbocycles. The first-order valence-electron chi connectivity index (χ1n) is 7.44. The number of para-hydroxylation sites is 1. The number of nitrogens with zero attached hydrogens (tertiary/aromatic N) is 1. The third kappa shape index (κ3) is 3.92. The lowest BCUT2D eigenvalue weighted by atomic mass is 10.0. The van der Waals surface area contributed by atoms with Gasteiger partial charge in [-0.05, 0) is 18.2 Å². The maximum absolute atomic E-state index is 13.9. The number of aryl methyl sites for hydroxylation is 1. The molecule has 0 aliphatic rings. The highest BCUT2D eigenvalue weighted by atomic mass is 32.2. The molecule has 1 N–H and O–H groups in total. The van der Waals surface area contributed by atoms with Crippen molar-refractivity contribution in [1.82, 2.24) is 4.98 Å². The largest absolute Gasteiger partial charge is 0.298 e. The second kappa shape index (κ2) is 6.99. The van der Waals surface area contributed by atoms with Gasteiger partial charge < -0.3 is 0 Å². The summed E-state index contributed by atoms with van der Waals surface area (Å²) in [5.74, 6) is -1.62. The standard InChI is InChI=1S/C17H14FNO4S2/c18-12-6-2-1-5-11(12)17(25(21,22)23)14(20)9-10-16-19-13-7-3-4-8-15(13)24-16/h1-8,17H,9-10H2,(H,21,22,23). The molecule has 0 radical (unpaired) electrons. The van der Waals surface area contributed by atoms with Crippen LogP contribution in [-0.4, -0.2) is 23.7 Å². The van der Waals surface area contributed by atoms with E-state index in [0.29, 0.717) is 5.01 Å². The van der Waals surface area contributed by atoms with E-state index >= 15 is 0 Å². The van der Waals surface area contributed by atoms with Crippen molar-refractivity contribution in [3.05, 3.63) is 64.9 Å². The van der Waals surface area contributed by atoms with E-state index in [1.807, 2.05) is 24.3 Å². The Bertz CT molecular complexity index is 997. The minimum Gasteiger partial charge on any atom is -0.298 e. The van der Waals surface area contributed by atoms with Gasteiger partial charge in [-0.15, -0.1) is 11.3 Å². The molecule has 0 amide bonds. The highest BCUT2D eigenvalue weighted by molar-refractivity contribution is 7.86. The average Bonchev–Trinajstić information content (AvgIpc) is 2.97. The second-order valence-electron chi connectivity index (χ2n) is 5.46. The van der Waals surface area contributed by atoms with Gasteiger partial charge in [0.2, 0.25) is 0 Å². The molecule has 0 spiro atoms. The van der Waals surface area contributed by atoms with Gasteiger partial charge >= 0.3 is 0 Å². The first kappa shape index (κ1) is 17.7. The number of hydrogen-bond donors (Lipinski definition) is 1. The molecule has 3 aromatic rings. The van der Waals surface area contributed by atoms with Crippen molar-refractivity contribution in [3.8, 4) is 0 Å². The van der Waals surface area contributed by atoms with Crippen LogP contribution in [-0.2, 0) is 21.3 Å². The second-order valence-corrected chi connectivity index (χ2v) is 8.07. The minimum atomic E-state index is -4.78. The Hall–Kier alpha value is -2.16. The topological polar surface area (TPSA) is 84.3 Å². The van der Waals surface area contributed by atoms with E-state index in [0.717, 1.165) is 16.3 Å². The molecule has 8 heteroatoms. The van der Waals surface area contributed by atoms with Crippen LogP contribution in [0.5, 0.6) is 0 Å². The van der Waals surface area contributed by atoms with Crippen LogP contribution in [0.15, 0.2) is 48.5 Å². The van der Waals surface area contributed by atoms with Gasteiger partial charge in [-0.2, -0.15) is 8.42 Å². The van der Waals surface area contributed by atoms with Crippen molar-refractivity contribution in [2.45, 2.75) is 18.1 Å². The van der Waals surface area contributed by atoms with Crippen LogP contribution < -0.4 is 0 Å². The van der Waals surface area contributed by atoms with Crippen LogP contribution in [0.2, 0.25) is 0 Å². The molecular weight excluding hydrogens is 365 g/mol. The molecule has 0 aliphatic heterocycles. The summed E-state index contributed by atoms with van der Waals surface area (Å²) < 4.78 is 47.5. The van der Waals surface area contributed by atoms with E-state index in [2.05, 4.69) is 4.98 Å². The zero-order valence-corrected chi connectivity index (χ0v) is 14.6. The summed E-state index contributed by atoms with van der Waals surface area (Å²) in [7, 11) is -4.78. The Morgan fingerprint density at radius 3 is 2.52 bits per heavy atom. The first-order chi connectivity index (χ1) is 11.9. The molecule has 0 bridgehead atoms. The van der Waals surface area contributed by atoms with Crippen LogP contribution in [0.4, 0.5) is 4.39 Å². The Morgan fingerprint density at radius 2 is 1.84 bits per heavy atom. The predicted molar refractivity (Wildman–Crippen MR) is 93.6 cm³/mol. The molecule has 2 aromatic carbocycles. The zero-order chi connectivity index (χ0) is 18.0. The maximum atomic E-state index is 13.9. The molecule has 0 saturated heterocycles. The highest BCUT2D eigenvalue weighted by Crippen LogP contribution is 2.28. The van der Waals surface area contributed by atoms with Crippen molar-refractivity contribution in [2.24, 2.45) is 0 Å². The van der Waals surface area contributed by atoms with E-state index in [4.69, 9.17) is 0 Å². The van der Waals surface area contributed by atoms with Gasteiger partial charge in [0.15, 0.2) is 11.0 Å². The number of fused-ring (bicyclic) bond motifs is 1. The third-order valence-corrected chi connectivity index (χ3v) is 5.91. The van der Waals surface area contributed by atoms with Gasteiger partial charge in [0, 0.05) is 18.4 Å². The number of Topliss-reactive ketones (excluding diaryl/α,β-unsaturated/α-hetero) is 1. The van der Waals surface area contributed by atoms with E-state index in [-0.39, 0.29) is 18.4 Å². The number of halogens is 1. The quantitative estimate of drug-likeness (QED) is 0.662. The molecule has 25 heavy (non-hydrogen) atoms. The summed E-state index contributed by atoms with van der Waals surface area (Å²) in [5, 5.41) is -1.25. The maximum Gasteiger partial charge on any atom is 0.279 e. The summed E-state index contributed by atoms with van der Waals surface area (Å²) in [4.78, 5) is 16.8. The average molecular weight is 379 g/mol. The molecule has 1 aromatic heterocycles. The Balaban J connectivity index is 1.82. The molecular formula is C17H14FNO4S2. The lowest BCUT2D eigenvalue weighted by Gasteiger charge is -2.13. The highest BCUT2D eigenvalue weighted by Gasteiger charge is 2.34.